The van der Waals surface area contributed by atoms with Gasteiger partial charge in [0.25, 0.3) is 5.59 Å². The number of aromatic nitrogens is 2. The number of aliphatic hydroxyl groups excluding tert-OH is 1. The fourth-order valence-electron chi connectivity index (χ4n) is 2.33. The van der Waals surface area contributed by atoms with Gasteiger partial charge in [-0.15, -0.1) is 0 Å². The molecular formula is C11H16FN3O10P2. The number of anilines is 1. The van der Waals surface area contributed by atoms with Crippen molar-refractivity contribution in [1.29, 1.82) is 0 Å². The summed E-state index contributed by atoms with van der Waals surface area (Å²) in [4.78, 5) is 51.3. The van der Waals surface area contributed by atoms with Gasteiger partial charge in [-0.25, -0.2) is 9.18 Å². The first kappa shape index (κ1) is 21.8. The molecule has 1 saturated heterocycles. The summed E-state index contributed by atoms with van der Waals surface area (Å²) in [6.07, 6.45) is -3.65. The maximum Gasteiger partial charge on any atom is 0.366 e. The zero-order valence-corrected chi connectivity index (χ0v) is 15.1. The Morgan fingerprint density at radius 1 is 1.37 bits per heavy atom. The van der Waals surface area contributed by atoms with Gasteiger partial charge in [0.1, 0.15) is 18.0 Å². The van der Waals surface area contributed by atoms with Gasteiger partial charge >= 0.3 is 20.9 Å². The Hall–Kier alpha value is -1.47. The van der Waals surface area contributed by atoms with Crippen LogP contribution in [0.15, 0.2) is 29.0 Å². The number of halogens is 1. The smallest absolute Gasteiger partial charge is 0.366 e. The summed E-state index contributed by atoms with van der Waals surface area (Å²) in [6, 6.07) is 1.20. The van der Waals surface area contributed by atoms with Crippen LogP contribution in [0.3, 0.4) is 0 Å². The van der Waals surface area contributed by atoms with Crippen LogP contribution in [0.5, 0.6) is 0 Å². The minimum absolute atomic E-state index is 0.0401. The van der Waals surface area contributed by atoms with E-state index < -0.39 is 57.1 Å². The van der Waals surface area contributed by atoms with Gasteiger partial charge in [0.2, 0.25) is 0 Å². The van der Waals surface area contributed by atoms with E-state index in [1.165, 1.54) is 6.07 Å². The highest BCUT2D eigenvalue weighted by molar-refractivity contribution is 7.70. The third-order valence-corrected chi connectivity index (χ3v) is 6.75. The molecule has 7 N–H and O–H groups in total. The molecule has 1 aliphatic heterocycles. The zero-order chi connectivity index (χ0) is 20.6. The molecule has 0 saturated carbocycles. The Labute approximate surface area is 150 Å². The lowest BCUT2D eigenvalue weighted by atomic mass is 10.1. The first-order valence-electron chi connectivity index (χ1n) is 7.06. The monoisotopic (exact) mass is 431 g/mol. The van der Waals surface area contributed by atoms with Gasteiger partial charge in [0.15, 0.2) is 6.23 Å². The lowest BCUT2D eigenvalue weighted by Crippen LogP contribution is -2.30. The molecule has 0 spiro atoms. The number of nitrogens with zero attached hydrogens (tertiary/aromatic N) is 2. The highest BCUT2D eigenvalue weighted by atomic mass is 31.2. The second kappa shape index (κ2) is 7.87. The van der Waals surface area contributed by atoms with Crippen molar-refractivity contribution in [2.45, 2.75) is 24.0 Å². The SMILES string of the molecule is Nc1ccn([C@@H]2O[C@H](COC(P(=O)(O)O)P(=O)(O)O)C(O)C2=CF)c(=O)n1. The van der Waals surface area contributed by atoms with Crippen molar-refractivity contribution in [3.63, 3.8) is 0 Å². The largest absolute Gasteiger partial charge is 0.386 e. The number of ether oxygens (including phenoxy) is 2. The molecule has 16 heteroatoms. The molecule has 0 aromatic carbocycles. The summed E-state index contributed by atoms with van der Waals surface area (Å²) in [6.45, 7) is -0.924. The second-order valence-electron chi connectivity index (χ2n) is 5.46. The normalized spacial score (nSPS) is 25.4. The Balaban J connectivity index is 2.24. The maximum absolute atomic E-state index is 13.2. The first-order valence-corrected chi connectivity index (χ1v) is 10.4. The zero-order valence-electron chi connectivity index (χ0n) is 13.3. The number of hydrogen-bond donors (Lipinski definition) is 6. The van der Waals surface area contributed by atoms with Crippen LogP contribution in [0.4, 0.5) is 10.2 Å². The predicted octanol–water partition coefficient (Wildman–Crippen LogP) is -1.41. The van der Waals surface area contributed by atoms with Crippen molar-refractivity contribution in [2.24, 2.45) is 0 Å². The van der Waals surface area contributed by atoms with Gasteiger partial charge < -0.3 is 39.9 Å². The molecule has 152 valence electrons. The van der Waals surface area contributed by atoms with Crippen LogP contribution in [0, 0.1) is 0 Å². The molecule has 0 amide bonds. The number of nitrogen functional groups attached to an aromatic ring is 1. The van der Waals surface area contributed by atoms with Crippen molar-refractivity contribution in [3.05, 3.63) is 34.7 Å². The van der Waals surface area contributed by atoms with Gasteiger partial charge in [-0.2, -0.15) is 4.98 Å². The lowest BCUT2D eigenvalue weighted by Gasteiger charge is -2.22. The van der Waals surface area contributed by atoms with Gasteiger partial charge in [-0.05, 0) is 6.07 Å². The number of rotatable bonds is 6. The Kier molecular flexibility index (Phi) is 6.37. The Morgan fingerprint density at radius 2 is 1.96 bits per heavy atom. The van der Waals surface area contributed by atoms with Crippen LogP contribution < -0.4 is 11.4 Å². The standard InChI is InChI=1S/C11H16FN3O10P2/c12-3-5-8(16)6(4-24-11(26(18,19)20)27(21,22)23)25-9(5)15-2-1-7(13)14-10(15)17/h1-3,6,8-9,11,16H,4H2,(H2,13,14,17)(H2,18,19,20)(H2,21,22,23)/t6-,8?,9-/m1/s1. The predicted molar refractivity (Wildman–Crippen MR) is 85.8 cm³/mol. The molecule has 1 aromatic heterocycles. The van der Waals surface area contributed by atoms with Crippen LogP contribution in [0.2, 0.25) is 0 Å². The molecule has 0 aliphatic carbocycles. The van der Waals surface area contributed by atoms with Crippen LogP contribution in [0.25, 0.3) is 0 Å². The van der Waals surface area contributed by atoms with Crippen molar-refractivity contribution in [2.75, 3.05) is 12.3 Å². The quantitative estimate of drug-likeness (QED) is 0.287. The van der Waals surface area contributed by atoms with Crippen LogP contribution in [0.1, 0.15) is 6.23 Å². The molecular weight excluding hydrogens is 415 g/mol. The van der Waals surface area contributed by atoms with E-state index in [1.54, 1.807) is 0 Å². The van der Waals surface area contributed by atoms with Crippen LogP contribution in [-0.4, -0.2) is 58.6 Å². The van der Waals surface area contributed by atoms with E-state index in [0.717, 1.165) is 10.8 Å². The highest BCUT2D eigenvalue weighted by Gasteiger charge is 2.47. The Morgan fingerprint density at radius 3 is 2.44 bits per heavy atom. The van der Waals surface area contributed by atoms with Gasteiger partial charge in [-0.1, -0.05) is 0 Å². The van der Waals surface area contributed by atoms with Crippen LogP contribution >= 0.6 is 15.2 Å². The summed E-state index contributed by atoms with van der Waals surface area (Å²) in [7, 11) is -10.7. The van der Waals surface area contributed by atoms with Crippen molar-refractivity contribution in [3.8, 4) is 0 Å². The lowest BCUT2D eigenvalue weighted by molar-refractivity contribution is -0.0639. The molecule has 1 aromatic rings. The van der Waals surface area contributed by atoms with E-state index >= 15 is 0 Å². The van der Waals surface area contributed by atoms with Crippen molar-refractivity contribution in [1.82, 2.24) is 9.55 Å². The molecule has 0 bridgehead atoms. The van der Waals surface area contributed by atoms with E-state index in [2.05, 4.69) is 9.72 Å². The van der Waals surface area contributed by atoms with Crippen LogP contribution in [-0.2, 0) is 18.6 Å². The summed E-state index contributed by atoms with van der Waals surface area (Å²) in [5, 5.41) is 10.1. The van der Waals surface area contributed by atoms with Crippen molar-refractivity contribution >= 4 is 21.0 Å². The maximum atomic E-state index is 13.2. The Bertz CT molecular complexity index is 857. The fraction of sp³-hybridized carbons (Fsp3) is 0.455. The summed E-state index contributed by atoms with van der Waals surface area (Å²) < 4.78 is 46.2. The summed E-state index contributed by atoms with van der Waals surface area (Å²) in [5.41, 5.74) is 1.17. The molecule has 2 heterocycles. The second-order valence-corrected chi connectivity index (χ2v) is 9.16. The number of nitrogens with two attached hydrogens (primary N) is 1. The molecule has 27 heavy (non-hydrogen) atoms. The van der Waals surface area contributed by atoms with Gasteiger partial charge in [-0.3, -0.25) is 13.7 Å². The molecule has 3 atom stereocenters. The van der Waals surface area contributed by atoms with Gasteiger partial charge in [0, 0.05) is 11.8 Å². The third kappa shape index (κ3) is 4.88. The fourth-order valence-corrected chi connectivity index (χ4v) is 4.46. The summed E-state index contributed by atoms with van der Waals surface area (Å²) in [5.74, 6) is -0.119. The summed E-state index contributed by atoms with van der Waals surface area (Å²) >= 11 is 0. The van der Waals surface area contributed by atoms with Gasteiger partial charge in [0.05, 0.1) is 12.9 Å². The molecule has 1 aliphatic rings. The molecule has 0 radical (unpaired) electrons. The highest BCUT2D eigenvalue weighted by Crippen LogP contribution is 2.60. The first-order chi connectivity index (χ1) is 12.4. The van der Waals surface area contributed by atoms with E-state index in [-0.39, 0.29) is 12.1 Å². The molecule has 2 rings (SSSR count). The third-order valence-electron chi connectivity index (χ3n) is 3.50. The minimum atomic E-state index is -5.37. The topological polar surface area (TPSA) is 215 Å². The van der Waals surface area contributed by atoms with E-state index in [4.69, 9.17) is 30.0 Å². The molecule has 1 unspecified atom stereocenters. The average Bonchev–Trinajstić information content (AvgIpc) is 2.81. The molecule has 13 nitrogen and oxygen atoms in total. The van der Waals surface area contributed by atoms with E-state index in [9.17, 15) is 23.4 Å². The number of hydrogen-bond acceptors (Lipinski definition) is 8. The minimum Gasteiger partial charge on any atom is -0.386 e. The average molecular weight is 431 g/mol. The van der Waals surface area contributed by atoms with E-state index in [0.29, 0.717) is 0 Å². The number of aliphatic hydroxyl groups is 1. The van der Waals surface area contributed by atoms with Crippen molar-refractivity contribution < 1.29 is 47.7 Å². The van der Waals surface area contributed by atoms with E-state index in [1.807, 2.05) is 0 Å². The molecule has 1 fully saturated rings.